The Hall–Kier alpha value is -6.10. The summed E-state index contributed by atoms with van der Waals surface area (Å²) in [5.41, 5.74) is -2.81. The number of aliphatic hydroxyl groups excluding tert-OH is 2. The van der Waals surface area contributed by atoms with Crippen molar-refractivity contribution in [1.29, 1.82) is 0 Å². The Kier molecular flexibility index (Phi) is 15.0. The fourth-order valence-corrected chi connectivity index (χ4v) is 7.99. The average Bonchev–Trinajstić information content (AvgIpc) is 3.52. The van der Waals surface area contributed by atoms with Gasteiger partial charge >= 0.3 is 17.7 Å². The van der Waals surface area contributed by atoms with E-state index in [9.17, 15) is 29.4 Å². The van der Waals surface area contributed by atoms with Crippen molar-refractivity contribution in [3.05, 3.63) is 94.1 Å². The van der Waals surface area contributed by atoms with E-state index in [0.29, 0.717) is 11.4 Å². The third-order valence-corrected chi connectivity index (χ3v) is 12.1. The monoisotopic (exact) mass is 900 g/mol. The van der Waals surface area contributed by atoms with E-state index in [1.54, 1.807) is 84.9 Å². The summed E-state index contributed by atoms with van der Waals surface area (Å²) in [4.78, 5) is 84.9. The number of hydrogen-bond acceptors (Lipinski definition) is 15. The van der Waals surface area contributed by atoms with Crippen LogP contribution in [0.15, 0.2) is 71.8 Å². The number of fused-ring (bicyclic) bond motifs is 14. The highest BCUT2D eigenvalue weighted by atomic mass is 16.7. The van der Waals surface area contributed by atoms with Crippen molar-refractivity contribution in [3.8, 4) is 17.2 Å². The van der Waals surface area contributed by atoms with Gasteiger partial charge in [0, 0.05) is 61.5 Å². The number of carbonyl (C=O) groups excluding carboxylic acids is 6. The summed E-state index contributed by atoms with van der Waals surface area (Å²) >= 11 is 0. The van der Waals surface area contributed by atoms with Gasteiger partial charge in [-0.25, -0.2) is 0 Å². The summed E-state index contributed by atoms with van der Waals surface area (Å²) in [7, 11) is 2.89. The van der Waals surface area contributed by atoms with Crippen LogP contribution in [0.5, 0.6) is 17.2 Å². The van der Waals surface area contributed by atoms with E-state index in [1.165, 1.54) is 54.1 Å². The van der Waals surface area contributed by atoms with Gasteiger partial charge in [0.05, 0.1) is 53.8 Å². The highest BCUT2D eigenvalue weighted by Gasteiger charge is 2.53. The summed E-state index contributed by atoms with van der Waals surface area (Å²) in [6.45, 7) is 17.1. The molecular weight excluding hydrogens is 841 g/mol. The molecule has 2 aromatic carbocycles. The van der Waals surface area contributed by atoms with E-state index in [0.717, 1.165) is 6.26 Å². The molecule has 2 aromatic rings. The number of esters is 2. The minimum Gasteiger partial charge on any atom is -0.497 e. The number of allylic oxidation sites excluding steroid dienone is 4. The molecule has 16 heteroatoms. The number of carbonyl (C=O) groups is 6. The first-order chi connectivity index (χ1) is 30.4. The third-order valence-electron chi connectivity index (χ3n) is 12.1. The van der Waals surface area contributed by atoms with Crippen LogP contribution in [0.2, 0.25) is 0 Å². The Morgan fingerprint density at radius 2 is 1.51 bits per heavy atom. The van der Waals surface area contributed by atoms with Crippen LogP contribution in [0.4, 0.5) is 5.69 Å². The minimum absolute atomic E-state index is 0.0248. The molecule has 0 spiro atoms. The molecule has 1 amide bonds. The number of aliphatic hydroxyl groups is 2. The first kappa shape index (κ1) is 49.9. The molecule has 5 bridgehead atoms. The van der Waals surface area contributed by atoms with E-state index >= 15 is 9.59 Å². The van der Waals surface area contributed by atoms with Gasteiger partial charge in [-0.05, 0) is 65.0 Å². The molecule has 6 rings (SSSR count). The lowest BCUT2D eigenvalue weighted by atomic mass is 9.78. The number of hydrogen-bond donors (Lipinski definition) is 4. The predicted molar refractivity (Wildman–Crippen MR) is 238 cm³/mol. The standard InChI is InChI=1S/C49H60N2O14/c1-23-15-14-16-24(2)46(58)51-37-36(50-30-17-19-31(60-12)20-18-30)40(55)33-34(41(37)56)43(64-47(59)48(8,9)10)28(6)44-35(33)45(57)49(11,65-44)62-22-21-32(61-13)25(3)42(63-29(7)52)27(5)39(54)26(4)38(23)53/h14-23,25-27,32,38-39,42,50,53-54H,1-13H3,(H,51,58)/b15-14-,22-21-,24-16-/t23-,25+,26+,27-,32-,38-,39-,42+,49-/m0/s1. The zero-order valence-corrected chi connectivity index (χ0v) is 39.1. The number of ketones is 3. The summed E-state index contributed by atoms with van der Waals surface area (Å²) < 4.78 is 35.1. The van der Waals surface area contributed by atoms with Gasteiger partial charge in [-0.2, -0.15) is 0 Å². The van der Waals surface area contributed by atoms with E-state index in [-0.39, 0.29) is 28.2 Å². The maximum Gasteiger partial charge on any atom is 0.316 e. The van der Waals surface area contributed by atoms with Crippen LogP contribution in [0.1, 0.15) is 106 Å². The Morgan fingerprint density at radius 3 is 2.09 bits per heavy atom. The smallest absolute Gasteiger partial charge is 0.316 e. The van der Waals surface area contributed by atoms with Crippen molar-refractivity contribution in [1.82, 2.24) is 5.32 Å². The topological polar surface area (TPSA) is 222 Å². The van der Waals surface area contributed by atoms with Gasteiger partial charge in [0.25, 0.3) is 11.7 Å². The maximum atomic E-state index is 15.1. The lowest BCUT2D eigenvalue weighted by Gasteiger charge is -2.38. The van der Waals surface area contributed by atoms with E-state index < -0.39 is 117 Å². The molecule has 0 aromatic heterocycles. The van der Waals surface area contributed by atoms with Gasteiger partial charge < -0.3 is 49.3 Å². The number of rotatable bonds is 6. The van der Waals surface area contributed by atoms with E-state index in [4.69, 9.17) is 28.4 Å². The number of nitrogens with one attached hydrogen (secondary N) is 2. The largest absolute Gasteiger partial charge is 0.497 e. The van der Waals surface area contributed by atoms with Crippen molar-refractivity contribution in [3.63, 3.8) is 0 Å². The number of ether oxygens (including phenoxy) is 6. The molecule has 3 aliphatic heterocycles. The van der Waals surface area contributed by atoms with Gasteiger partial charge in [0.15, 0.2) is 0 Å². The summed E-state index contributed by atoms with van der Waals surface area (Å²) in [6, 6.07) is 6.37. The quantitative estimate of drug-likeness (QED) is 0.184. The second kappa shape index (κ2) is 19.6. The molecule has 4 aliphatic rings. The van der Waals surface area contributed by atoms with Crippen LogP contribution in [0, 0.1) is 36.0 Å². The lowest BCUT2D eigenvalue weighted by Crippen LogP contribution is -2.46. The van der Waals surface area contributed by atoms with Gasteiger partial charge in [0.1, 0.15) is 34.7 Å². The molecule has 1 aliphatic carbocycles. The van der Waals surface area contributed by atoms with Crippen LogP contribution in [0.25, 0.3) is 0 Å². The Labute approximate surface area is 379 Å². The molecule has 0 fully saturated rings. The Bertz CT molecular complexity index is 2370. The highest BCUT2D eigenvalue weighted by molar-refractivity contribution is 6.33. The molecule has 0 unspecified atom stereocenters. The normalized spacial score (nSPS) is 29.4. The first-order valence-corrected chi connectivity index (χ1v) is 21.4. The zero-order valence-electron chi connectivity index (χ0n) is 39.1. The van der Waals surface area contributed by atoms with Crippen molar-refractivity contribution < 1.29 is 67.4 Å². The van der Waals surface area contributed by atoms with Crippen molar-refractivity contribution >= 4 is 40.9 Å². The molecule has 0 saturated carbocycles. The molecule has 9 atom stereocenters. The second-order valence-corrected chi connectivity index (χ2v) is 18.0. The fourth-order valence-electron chi connectivity index (χ4n) is 7.99. The average molecular weight is 901 g/mol. The Morgan fingerprint density at radius 1 is 0.862 bits per heavy atom. The van der Waals surface area contributed by atoms with E-state index in [2.05, 4.69) is 10.6 Å². The number of Topliss-reactive ketones (excluding diaryl/α,β-unsaturated/α-hetero) is 3. The molecule has 0 saturated heterocycles. The molecule has 16 nitrogen and oxygen atoms in total. The molecule has 3 heterocycles. The van der Waals surface area contributed by atoms with Gasteiger partial charge in [-0.3, -0.25) is 28.8 Å². The summed E-state index contributed by atoms with van der Waals surface area (Å²) in [6.07, 6.45) is 3.19. The van der Waals surface area contributed by atoms with Crippen LogP contribution in [-0.4, -0.2) is 89.8 Å². The summed E-state index contributed by atoms with van der Waals surface area (Å²) in [5.74, 6) is -9.77. The molecule has 350 valence electrons. The van der Waals surface area contributed by atoms with Crippen LogP contribution >= 0.6 is 0 Å². The first-order valence-electron chi connectivity index (χ1n) is 21.4. The van der Waals surface area contributed by atoms with Crippen LogP contribution < -0.4 is 24.8 Å². The maximum absolute atomic E-state index is 15.1. The Balaban J connectivity index is 1.76. The fraction of sp³-hybridized carbons (Fsp3) is 0.469. The number of benzene rings is 2. The molecule has 65 heavy (non-hydrogen) atoms. The summed E-state index contributed by atoms with van der Waals surface area (Å²) in [5, 5.41) is 28.6. The highest BCUT2D eigenvalue weighted by Crippen LogP contribution is 2.49. The van der Waals surface area contributed by atoms with Gasteiger partial charge in [-0.15, -0.1) is 0 Å². The zero-order chi connectivity index (χ0) is 48.5. The second-order valence-electron chi connectivity index (χ2n) is 18.0. The van der Waals surface area contributed by atoms with Crippen LogP contribution in [0.3, 0.4) is 0 Å². The number of amides is 1. The SMILES string of the molecule is COc1ccc(NC2=C3NC(=O)/C(C)=C\C=C/[C@H](C)[C@H](O)[C@@H](C)[C@H](O)[C@H](C)[C@H](OC(C)=O)[C@H](C)[C@@H](OC)/C=C\O[C@@]4(C)Oc5c(C)c(OC(=O)C(C)(C)C)c(c(c5C4=O)C2=O)C3=O)cc1. The molecule has 0 radical (unpaired) electrons. The van der Waals surface area contributed by atoms with Crippen LogP contribution in [-0.2, 0) is 28.6 Å². The van der Waals surface area contributed by atoms with Crippen molar-refractivity contribution in [2.24, 2.45) is 29.1 Å². The predicted octanol–water partition coefficient (Wildman–Crippen LogP) is 6.32. The van der Waals surface area contributed by atoms with Gasteiger partial charge in [0.2, 0.25) is 11.6 Å². The minimum atomic E-state index is -2.17. The third kappa shape index (κ3) is 10.1. The number of methoxy groups -OCH3 is 2. The van der Waals surface area contributed by atoms with Crippen molar-refractivity contribution in [2.75, 3.05) is 19.5 Å². The molecular formula is C49H60N2O14. The van der Waals surface area contributed by atoms with Gasteiger partial charge in [-0.1, -0.05) is 45.9 Å². The lowest BCUT2D eigenvalue weighted by molar-refractivity contribution is -0.160. The van der Waals surface area contributed by atoms with E-state index in [1.807, 2.05) is 0 Å². The molecule has 4 N–H and O–H groups in total. The number of anilines is 1. The van der Waals surface area contributed by atoms with Crippen molar-refractivity contribution in [2.45, 2.75) is 106 Å².